The topological polar surface area (TPSA) is 12.0 Å². The molecule has 84 valence electrons. The monoisotopic (exact) mass is 205 g/mol. The third-order valence-electron chi connectivity index (χ3n) is 2.90. The predicted molar refractivity (Wildman–Crippen MR) is 67.4 cm³/mol. The summed E-state index contributed by atoms with van der Waals surface area (Å²) in [4.78, 5) is 0. The summed E-state index contributed by atoms with van der Waals surface area (Å²) in [5, 5.41) is 3.45. The summed E-state index contributed by atoms with van der Waals surface area (Å²) < 4.78 is 0. The smallest absolute Gasteiger partial charge is 0.00417 e. The zero-order chi connectivity index (χ0) is 11.3. The average Bonchev–Trinajstić information content (AvgIpc) is 2.17. The molecule has 1 nitrogen and oxygen atoms in total. The van der Waals surface area contributed by atoms with Crippen molar-refractivity contribution in [2.45, 2.75) is 46.6 Å². The number of aryl methyl sites for hydroxylation is 3. The van der Waals surface area contributed by atoms with Crippen LogP contribution >= 0.6 is 0 Å². The van der Waals surface area contributed by atoms with E-state index in [2.05, 4.69) is 51.2 Å². The van der Waals surface area contributed by atoms with Gasteiger partial charge in [0.25, 0.3) is 0 Å². The average molecular weight is 205 g/mol. The van der Waals surface area contributed by atoms with E-state index < -0.39 is 0 Å². The maximum absolute atomic E-state index is 3.45. The van der Waals surface area contributed by atoms with Crippen molar-refractivity contribution in [3.63, 3.8) is 0 Å². The Balaban J connectivity index is 2.50. The van der Waals surface area contributed by atoms with Crippen molar-refractivity contribution in [3.8, 4) is 0 Å². The van der Waals surface area contributed by atoms with E-state index in [0.29, 0.717) is 6.04 Å². The van der Waals surface area contributed by atoms with E-state index in [4.69, 9.17) is 0 Å². The number of nitrogens with one attached hydrogen (secondary N) is 1. The molecule has 15 heavy (non-hydrogen) atoms. The van der Waals surface area contributed by atoms with Crippen LogP contribution in [0.5, 0.6) is 0 Å². The SMILES string of the molecule is CCNC(C)CCc1ccc(C)cc1C. The number of hydrogen-bond acceptors (Lipinski definition) is 1. The summed E-state index contributed by atoms with van der Waals surface area (Å²) in [5.74, 6) is 0. The highest BCUT2D eigenvalue weighted by atomic mass is 14.9. The Hall–Kier alpha value is -0.820. The molecule has 1 atom stereocenters. The van der Waals surface area contributed by atoms with E-state index in [9.17, 15) is 0 Å². The normalized spacial score (nSPS) is 12.8. The van der Waals surface area contributed by atoms with Gasteiger partial charge < -0.3 is 5.32 Å². The summed E-state index contributed by atoms with van der Waals surface area (Å²) in [7, 11) is 0. The van der Waals surface area contributed by atoms with E-state index >= 15 is 0 Å². The maximum Gasteiger partial charge on any atom is 0.00417 e. The molecule has 0 heterocycles. The fraction of sp³-hybridized carbons (Fsp3) is 0.571. The van der Waals surface area contributed by atoms with E-state index in [1.807, 2.05) is 0 Å². The molecule has 1 rings (SSSR count). The molecule has 0 saturated carbocycles. The number of hydrogen-bond donors (Lipinski definition) is 1. The molecular weight excluding hydrogens is 182 g/mol. The minimum absolute atomic E-state index is 0.621. The van der Waals surface area contributed by atoms with Crippen LogP contribution in [0.4, 0.5) is 0 Å². The van der Waals surface area contributed by atoms with E-state index in [1.54, 1.807) is 0 Å². The minimum Gasteiger partial charge on any atom is -0.315 e. The molecule has 0 aliphatic heterocycles. The van der Waals surface area contributed by atoms with Crippen LogP contribution in [0.2, 0.25) is 0 Å². The van der Waals surface area contributed by atoms with Crippen molar-refractivity contribution >= 4 is 0 Å². The Bertz CT molecular complexity index is 304. The van der Waals surface area contributed by atoms with Gasteiger partial charge in [-0.05, 0) is 51.3 Å². The summed E-state index contributed by atoms with van der Waals surface area (Å²) in [6, 6.07) is 7.37. The van der Waals surface area contributed by atoms with Crippen molar-refractivity contribution in [1.29, 1.82) is 0 Å². The van der Waals surface area contributed by atoms with E-state index in [1.165, 1.54) is 29.5 Å². The number of rotatable bonds is 5. The van der Waals surface area contributed by atoms with Crippen molar-refractivity contribution in [1.82, 2.24) is 5.32 Å². The Kier molecular flexibility index (Phi) is 4.83. The third-order valence-corrected chi connectivity index (χ3v) is 2.90. The van der Waals surface area contributed by atoms with Gasteiger partial charge in [0.15, 0.2) is 0 Å². The second kappa shape index (κ2) is 5.92. The molecule has 0 aliphatic rings. The highest BCUT2D eigenvalue weighted by Crippen LogP contribution is 2.13. The van der Waals surface area contributed by atoms with Gasteiger partial charge >= 0.3 is 0 Å². The van der Waals surface area contributed by atoms with E-state index in [0.717, 1.165) is 6.54 Å². The largest absolute Gasteiger partial charge is 0.315 e. The van der Waals surface area contributed by atoms with Crippen molar-refractivity contribution in [3.05, 3.63) is 34.9 Å². The molecule has 0 amide bonds. The first kappa shape index (κ1) is 12.3. The number of benzene rings is 1. The molecule has 1 N–H and O–H groups in total. The fourth-order valence-corrected chi connectivity index (χ4v) is 1.95. The molecule has 0 fully saturated rings. The van der Waals surface area contributed by atoms with Crippen LogP contribution in [0, 0.1) is 13.8 Å². The molecule has 1 aromatic rings. The quantitative estimate of drug-likeness (QED) is 0.778. The zero-order valence-electron chi connectivity index (χ0n) is 10.4. The molecule has 0 saturated heterocycles. The highest BCUT2D eigenvalue weighted by Gasteiger charge is 2.02. The fourth-order valence-electron chi connectivity index (χ4n) is 1.95. The standard InChI is InChI=1S/C14H23N/c1-5-15-13(4)7-9-14-8-6-11(2)10-12(14)3/h6,8,10,13,15H,5,7,9H2,1-4H3. The molecule has 0 aliphatic carbocycles. The van der Waals surface area contributed by atoms with Crippen LogP contribution in [-0.4, -0.2) is 12.6 Å². The summed E-state index contributed by atoms with van der Waals surface area (Å²) in [5.41, 5.74) is 4.28. The zero-order valence-corrected chi connectivity index (χ0v) is 10.4. The van der Waals surface area contributed by atoms with Gasteiger partial charge in [-0.3, -0.25) is 0 Å². The highest BCUT2D eigenvalue weighted by molar-refractivity contribution is 5.30. The lowest BCUT2D eigenvalue weighted by Crippen LogP contribution is -2.25. The lowest BCUT2D eigenvalue weighted by Gasteiger charge is -2.13. The maximum atomic E-state index is 3.45. The summed E-state index contributed by atoms with van der Waals surface area (Å²) >= 11 is 0. The van der Waals surface area contributed by atoms with Gasteiger partial charge in [-0.25, -0.2) is 0 Å². The van der Waals surface area contributed by atoms with Gasteiger partial charge in [0.1, 0.15) is 0 Å². The Morgan fingerprint density at radius 3 is 2.60 bits per heavy atom. The van der Waals surface area contributed by atoms with Crippen molar-refractivity contribution in [2.24, 2.45) is 0 Å². The Morgan fingerprint density at radius 1 is 1.27 bits per heavy atom. The van der Waals surface area contributed by atoms with Crippen LogP contribution in [-0.2, 0) is 6.42 Å². The Labute approximate surface area is 93.9 Å². The summed E-state index contributed by atoms with van der Waals surface area (Å²) in [6.45, 7) is 9.84. The molecule has 1 aromatic carbocycles. The lowest BCUT2D eigenvalue weighted by atomic mass is 10.00. The van der Waals surface area contributed by atoms with Crippen LogP contribution < -0.4 is 5.32 Å². The molecule has 0 aromatic heterocycles. The Morgan fingerprint density at radius 2 is 2.00 bits per heavy atom. The van der Waals surface area contributed by atoms with Crippen LogP contribution in [0.3, 0.4) is 0 Å². The van der Waals surface area contributed by atoms with Crippen molar-refractivity contribution in [2.75, 3.05) is 6.54 Å². The molecule has 0 spiro atoms. The van der Waals surface area contributed by atoms with Crippen molar-refractivity contribution < 1.29 is 0 Å². The van der Waals surface area contributed by atoms with Crippen LogP contribution in [0.15, 0.2) is 18.2 Å². The minimum atomic E-state index is 0.621. The van der Waals surface area contributed by atoms with Gasteiger partial charge in [0.05, 0.1) is 0 Å². The van der Waals surface area contributed by atoms with E-state index in [-0.39, 0.29) is 0 Å². The predicted octanol–water partition coefficient (Wildman–Crippen LogP) is 3.23. The van der Waals surface area contributed by atoms with Gasteiger partial charge in [-0.2, -0.15) is 0 Å². The first-order valence-electron chi connectivity index (χ1n) is 5.93. The summed E-state index contributed by atoms with van der Waals surface area (Å²) in [6.07, 6.45) is 2.40. The molecule has 0 bridgehead atoms. The first-order valence-corrected chi connectivity index (χ1v) is 5.93. The lowest BCUT2D eigenvalue weighted by molar-refractivity contribution is 0.530. The molecule has 0 radical (unpaired) electrons. The van der Waals surface area contributed by atoms with Gasteiger partial charge in [0.2, 0.25) is 0 Å². The molecular formula is C14H23N. The molecule has 1 heteroatoms. The van der Waals surface area contributed by atoms with Gasteiger partial charge in [-0.1, -0.05) is 30.7 Å². The third kappa shape index (κ3) is 4.05. The van der Waals surface area contributed by atoms with Crippen LogP contribution in [0.25, 0.3) is 0 Å². The second-order valence-corrected chi connectivity index (χ2v) is 4.43. The molecule has 1 unspecified atom stereocenters. The first-order chi connectivity index (χ1) is 7.13. The van der Waals surface area contributed by atoms with Crippen LogP contribution in [0.1, 0.15) is 37.0 Å². The second-order valence-electron chi connectivity index (χ2n) is 4.43. The van der Waals surface area contributed by atoms with Gasteiger partial charge in [-0.15, -0.1) is 0 Å². The van der Waals surface area contributed by atoms with Gasteiger partial charge in [0, 0.05) is 6.04 Å².